The molecule has 1 heterocycles. The predicted octanol–water partition coefficient (Wildman–Crippen LogP) is 5.80. The highest BCUT2D eigenvalue weighted by Gasteiger charge is 2.50. The van der Waals surface area contributed by atoms with Gasteiger partial charge in [-0.15, -0.1) is 0 Å². The minimum absolute atomic E-state index is 0.0596. The summed E-state index contributed by atoms with van der Waals surface area (Å²) in [6.45, 7) is 3.07. The van der Waals surface area contributed by atoms with E-state index in [1.165, 1.54) is 23.4 Å². The van der Waals surface area contributed by atoms with Gasteiger partial charge in [0, 0.05) is 22.1 Å². The molecule has 0 saturated carbocycles. The van der Waals surface area contributed by atoms with Gasteiger partial charge in [0.05, 0.1) is 11.3 Å². The maximum atomic E-state index is 13.4. The van der Waals surface area contributed by atoms with E-state index < -0.39 is 28.0 Å². The van der Waals surface area contributed by atoms with Crippen LogP contribution in [0.25, 0.3) is 3.58 Å². The Balaban J connectivity index is 2.07. The number of alkyl halides is 3. The molecule has 0 unspecified atom stereocenters. The Morgan fingerprint density at radius 1 is 1.10 bits per heavy atom. The second kappa shape index (κ2) is 8.03. The molecule has 1 fully saturated rings. The molecule has 0 aromatic heterocycles. The minimum atomic E-state index is -4.41. The molecule has 3 rings (SSSR count). The van der Waals surface area contributed by atoms with Crippen LogP contribution >= 0.6 is 22.6 Å². The number of rotatable bonds is 4. The number of sulfonamides is 1. The normalized spacial score (nSPS) is 22.7. The van der Waals surface area contributed by atoms with Gasteiger partial charge in [0.25, 0.3) is 0 Å². The number of hydrogen-bond acceptors (Lipinski definition) is 2. The molecule has 156 valence electrons. The van der Waals surface area contributed by atoms with Gasteiger partial charge < -0.3 is 0 Å². The lowest BCUT2D eigenvalue weighted by molar-refractivity contribution is -0.150. The van der Waals surface area contributed by atoms with E-state index in [0.717, 1.165) is 11.1 Å². The van der Waals surface area contributed by atoms with Gasteiger partial charge in [0.2, 0.25) is 10.0 Å². The highest BCUT2D eigenvalue weighted by atomic mass is 127. The number of halogens is 4. The Morgan fingerprint density at radius 2 is 1.69 bits per heavy atom. The summed E-state index contributed by atoms with van der Waals surface area (Å²) in [5, 5.41) is 0. The summed E-state index contributed by atoms with van der Waals surface area (Å²) in [6, 6.07) is 15.4. The molecular weight excluding hydrogens is 514 g/mol. The minimum Gasteiger partial charge on any atom is -0.207 e. The zero-order chi connectivity index (χ0) is 21.4. The lowest BCUT2D eigenvalue weighted by Crippen LogP contribution is -2.33. The number of aryl methyl sites for hydroxylation is 1. The van der Waals surface area contributed by atoms with Crippen LogP contribution in [0.15, 0.2) is 65.1 Å². The summed E-state index contributed by atoms with van der Waals surface area (Å²) >= 11 is 2.03. The molecule has 0 aliphatic carbocycles. The molecular formula is C21H21F3INO2S. The Kier molecular flexibility index (Phi) is 6.18. The Labute approximate surface area is 182 Å². The SMILES string of the molecule is Cc1ccc(S(=O)(=O)N2C/C(=C(\I)c3ccccc3)[C@@](C)(CC(F)(F)F)C2)cc1. The number of hydrogen-bond donors (Lipinski definition) is 0. The van der Waals surface area contributed by atoms with Crippen molar-refractivity contribution in [3.8, 4) is 0 Å². The van der Waals surface area contributed by atoms with Crippen LogP contribution in [0.1, 0.15) is 24.5 Å². The van der Waals surface area contributed by atoms with Crippen molar-refractivity contribution in [1.82, 2.24) is 4.31 Å². The fourth-order valence-electron chi connectivity index (χ4n) is 3.64. The molecule has 0 spiro atoms. The Hall–Kier alpha value is -1.39. The topological polar surface area (TPSA) is 37.4 Å². The molecule has 29 heavy (non-hydrogen) atoms. The fraction of sp³-hybridized carbons (Fsp3) is 0.333. The number of nitrogens with zero attached hydrogens (tertiary/aromatic N) is 1. The largest absolute Gasteiger partial charge is 0.390 e. The molecule has 0 N–H and O–H groups in total. The van der Waals surface area contributed by atoms with Gasteiger partial charge in [-0.2, -0.15) is 17.5 Å². The van der Waals surface area contributed by atoms with Crippen LogP contribution in [-0.4, -0.2) is 32.0 Å². The lowest BCUT2D eigenvalue weighted by atomic mass is 9.80. The third-order valence-corrected chi connectivity index (χ3v) is 8.21. The van der Waals surface area contributed by atoms with Crippen LogP contribution in [0.3, 0.4) is 0 Å². The third kappa shape index (κ3) is 4.86. The van der Waals surface area contributed by atoms with Crippen LogP contribution in [0.2, 0.25) is 0 Å². The van der Waals surface area contributed by atoms with E-state index in [-0.39, 0.29) is 18.0 Å². The van der Waals surface area contributed by atoms with E-state index in [4.69, 9.17) is 0 Å². The van der Waals surface area contributed by atoms with E-state index in [1.807, 2.05) is 59.8 Å². The Morgan fingerprint density at radius 3 is 2.24 bits per heavy atom. The standard InChI is InChI=1S/C21H21F3INO2S/c1-15-8-10-17(11-9-15)29(27,28)26-12-18(19(25)16-6-4-3-5-7-16)20(2,14-26)13-21(22,23)24/h3-11H,12-14H2,1-2H3/b19-18+/t20-/m0/s1. The van der Waals surface area contributed by atoms with Crippen molar-refractivity contribution in [2.45, 2.75) is 31.3 Å². The van der Waals surface area contributed by atoms with Gasteiger partial charge in [-0.1, -0.05) is 55.0 Å². The maximum Gasteiger partial charge on any atom is 0.390 e. The fourth-order valence-corrected chi connectivity index (χ4v) is 6.35. The zero-order valence-corrected chi connectivity index (χ0v) is 19.0. The quantitative estimate of drug-likeness (QED) is 0.464. The highest BCUT2D eigenvalue weighted by molar-refractivity contribution is 14.1. The molecule has 1 aliphatic rings. The molecule has 0 bridgehead atoms. The molecule has 1 aliphatic heterocycles. The molecule has 0 amide bonds. The summed E-state index contributed by atoms with van der Waals surface area (Å²) < 4.78 is 68.2. The van der Waals surface area contributed by atoms with Gasteiger partial charge in [0.1, 0.15) is 0 Å². The van der Waals surface area contributed by atoms with Crippen LogP contribution in [0, 0.1) is 12.3 Å². The summed E-state index contributed by atoms with van der Waals surface area (Å²) in [5.74, 6) is 0. The summed E-state index contributed by atoms with van der Waals surface area (Å²) in [4.78, 5) is 0.0911. The van der Waals surface area contributed by atoms with Gasteiger partial charge >= 0.3 is 6.18 Å². The first-order valence-corrected chi connectivity index (χ1v) is 11.5. The summed E-state index contributed by atoms with van der Waals surface area (Å²) in [6.07, 6.45) is -5.48. The summed E-state index contributed by atoms with van der Waals surface area (Å²) in [7, 11) is -3.90. The van der Waals surface area contributed by atoms with Crippen LogP contribution < -0.4 is 0 Å². The van der Waals surface area contributed by atoms with E-state index in [9.17, 15) is 21.6 Å². The van der Waals surface area contributed by atoms with Gasteiger partial charge in [0.15, 0.2) is 0 Å². The first kappa shape index (κ1) is 22.3. The van der Waals surface area contributed by atoms with Gasteiger partial charge in [-0.25, -0.2) is 8.42 Å². The van der Waals surface area contributed by atoms with Crippen molar-refractivity contribution in [1.29, 1.82) is 0 Å². The molecule has 2 aromatic carbocycles. The molecule has 1 saturated heterocycles. The monoisotopic (exact) mass is 535 g/mol. The molecule has 8 heteroatoms. The molecule has 2 aromatic rings. The summed E-state index contributed by atoms with van der Waals surface area (Å²) in [5.41, 5.74) is 0.859. The lowest BCUT2D eigenvalue weighted by Gasteiger charge is -2.28. The maximum absolute atomic E-state index is 13.4. The van der Waals surface area contributed by atoms with Gasteiger partial charge in [-0.3, -0.25) is 0 Å². The highest BCUT2D eigenvalue weighted by Crippen LogP contribution is 2.49. The van der Waals surface area contributed by atoms with E-state index in [1.54, 1.807) is 12.1 Å². The average molecular weight is 535 g/mol. The van der Waals surface area contributed by atoms with Crippen molar-refractivity contribution < 1.29 is 21.6 Å². The van der Waals surface area contributed by atoms with Crippen molar-refractivity contribution in [3.63, 3.8) is 0 Å². The third-order valence-electron chi connectivity index (χ3n) is 5.13. The van der Waals surface area contributed by atoms with E-state index in [0.29, 0.717) is 9.15 Å². The molecule has 3 nitrogen and oxygen atoms in total. The Bertz CT molecular complexity index is 1020. The zero-order valence-electron chi connectivity index (χ0n) is 16.0. The average Bonchev–Trinajstić information content (AvgIpc) is 2.98. The second-order valence-corrected chi connectivity index (χ2v) is 10.6. The van der Waals surface area contributed by atoms with E-state index in [2.05, 4.69) is 0 Å². The first-order valence-electron chi connectivity index (χ1n) is 9.00. The van der Waals surface area contributed by atoms with Crippen LogP contribution in [-0.2, 0) is 10.0 Å². The smallest absolute Gasteiger partial charge is 0.207 e. The van der Waals surface area contributed by atoms with Crippen molar-refractivity contribution in [2.75, 3.05) is 13.1 Å². The predicted molar refractivity (Wildman–Crippen MR) is 116 cm³/mol. The van der Waals surface area contributed by atoms with Crippen LogP contribution in [0.4, 0.5) is 13.2 Å². The van der Waals surface area contributed by atoms with Crippen molar-refractivity contribution >= 4 is 36.2 Å². The molecule has 0 radical (unpaired) electrons. The first-order chi connectivity index (χ1) is 13.4. The number of benzene rings is 2. The van der Waals surface area contributed by atoms with Crippen molar-refractivity contribution in [2.24, 2.45) is 5.41 Å². The van der Waals surface area contributed by atoms with Crippen molar-refractivity contribution in [3.05, 3.63) is 71.3 Å². The van der Waals surface area contributed by atoms with Crippen LogP contribution in [0.5, 0.6) is 0 Å². The second-order valence-electron chi connectivity index (χ2n) is 7.60. The molecule has 1 atom stereocenters. The van der Waals surface area contributed by atoms with E-state index >= 15 is 0 Å². The van der Waals surface area contributed by atoms with Gasteiger partial charge in [-0.05, 0) is 52.8 Å².